The topological polar surface area (TPSA) is 58.6 Å². The Labute approximate surface area is 166 Å². The number of rotatable bonds is 7. The Morgan fingerprint density at radius 1 is 1.15 bits per heavy atom. The molecule has 2 aromatic rings. The van der Waals surface area contributed by atoms with Crippen molar-refractivity contribution in [1.82, 2.24) is 9.79 Å². The summed E-state index contributed by atoms with van der Waals surface area (Å²) in [5.74, 6) is 0.981. The molecule has 0 radical (unpaired) electrons. The lowest BCUT2D eigenvalue weighted by Crippen LogP contribution is -2.51. The van der Waals surface area contributed by atoms with Gasteiger partial charge in [0.1, 0.15) is 0 Å². The first kappa shape index (κ1) is 20.4. The minimum atomic E-state index is -3.48. The maximum atomic E-state index is 13.1. The van der Waals surface area contributed by atoms with Crippen LogP contribution in [-0.2, 0) is 14.9 Å². The van der Waals surface area contributed by atoms with Crippen LogP contribution in [0.15, 0.2) is 64.4 Å². The van der Waals surface area contributed by atoms with Gasteiger partial charge in [-0.15, -0.1) is 11.8 Å². The second kappa shape index (κ2) is 9.21. The fourth-order valence-electron chi connectivity index (χ4n) is 3.27. The van der Waals surface area contributed by atoms with Crippen LogP contribution in [0, 0.1) is 12.8 Å². The van der Waals surface area contributed by atoms with Crippen LogP contribution in [0.25, 0.3) is 0 Å². The van der Waals surface area contributed by atoms with Crippen molar-refractivity contribution >= 4 is 21.8 Å². The molecule has 1 fully saturated rings. The third-order valence-electron chi connectivity index (χ3n) is 4.83. The normalized spacial score (nSPS) is 21.3. The number of aryl methyl sites for hydroxylation is 1. The minimum absolute atomic E-state index is 0.135. The summed E-state index contributed by atoms with van der Waals surface area (Å²) < 4.78 is 27.7. The Balaban J connectivity index is 1.73. The third-order valence-corrected chi connectivity index (χ3v) is 7.91. The van der Waals surface area contributed by atoms with Crippen molar-refractivity contribution in [1.29, 1.82) is 0 Å². The van der Waals surface area contributed by atoms with Crippen molar-refractivity contribution in [2.24, 2.45) is 5.92 Å². The van der Waals surface area contributed by atoms with Gasteiger partial charge in [0, 0.05) is 29.8 Å². The molecule has 0 amide bonds. The summed E-state index contributed by atoms with van der Waals surface area (Å²) in [6, 6.07) is 17.4. The number of nitrogens with zero attached hydrogens (tertiary/aromatic N) is 1. The van der Waals surface area contributed by atoms with Gasteiger partial charge in [-0.1, -0.05) is 35.9 Å². The number of nitrogens with one attached hydrogen (secondary N) is 1. The first-order chi connectivity index (χ1) is 13.0. The summed E-state index contributed by atoms with van der Waals surface area (Å²) in [5, 5.41) is 0. The highest BCUT2D eigenvalue weighted by Crippen LogP contribution is 2.29. The van der Waals surface area contributed by atoms with Crippen LogP contribution in [0.5, 0.6) is 0 Å². The second-order valence-corrected chi connectivity index (χ2v) is 9.81. The van der Waals surface area contributed by atoms with E-state index in [1.807, 2.05) is 37.3 Å². The van der Waals surface area contributed by atoms with Gasteiger partial charge in [0.2, 0.25) is 10.0 Å². The fraction of sp³-hybridized carbons (Fsp3) is 0.400. The first-order valence-electron chi connectivity index (χ1n) is 9.04. The highest BCUT2D eigenvalue weighted by Gasteiger charge is 2.35. The molecule has 7 heteroatoms. The van der Waals surface area contributed by atoms with Gasteiger partial charge in [-0.05, 0) is 43.5 Å². The molecule has 1 saturated heterocycles. The van der Waals surface area contributed by atoms with Crippen LogP contribution in [-0.4, -0.2) is 44.7 Å². The number of benzene rings is 2. The minimum Gasteiger partial charge on any atom is -0.305 e. The van der Waals surface area contributed by atoms with Crippen LogP contribution < -0.4 is 5.48 Å². The number of hydroxylamine groups is 1. The highest BCUT2D eigenvalue weighted by atomic mass is 32.2. The molecule has 0 aromatic heterocycles. The predicted molar refractivity (Wildman–Crippen MR) is 109 cm³/mol. The standard InChI is InChI=1S/C20H26N2O3S2/c1-16-8-10-19(11-9-16)27(23,24)22-13-12-20(21-25-2)17(14-22)15-26-18-6-4-3-5-7-18/h3-11,17,20-21H,12-15H2,1-2H3/t17-,20-/m0/s1. The Kier molecular flexibility index (Phi) is 6.94. The molecule has 2 atom stereocenters. The van der Waals surface area contributed by atoms with E-state index in [-0.39, 0.29) is 12.0 Å². The molecule has 27 heavy (non-hydrogen) atoms. The van der Waals surface area contributed by atoms with Crippen LogP contribution in [0.3, 0.4) is 0 Å². The lowest BCUT2D eigenvalue weighted by molar-refractivity contribution is 0.0263. The second-order valence-electron chi connectivity index (χ2n) is 6.78. The lowest BCUT2D eigenvalue weighted by Gasteiger charge is -2.37. The molecule has 1 N–H and O–H groups in total. The summed E-state index contributed by atoms with van der Waals surface area (Å²) in [7, 11) is -1.87. The summed E-state index contributed by atoms with van der Waals surface area (Å²) in [4.78, 5) is 6.70. The fourth-order valence-corrected chi connectivity index (χ4v) is 5.88. The Bertz CT molecular complexity index is 826. The number of sulfonamides is 1. The van der Waals surface area contributed by atoms with E-state index in [0.29, 0.717) is 18.0 Å². The van der Waals surface area contributed by atoms with E-state index in [1.54, 1.807) is 35.3 Å². The molecule has 1 aliphatic heterocycles. The molecule has 5 nitrogen and oxygen atoms in total. The smallest absolute Gasteiger partial charge is 0.243 e. The van der Waals surface area contributed by atoms with E-state index in [4.69, 9.17) is 4.84 Å². The van der Waals surface area contributed by atoms with E-state index < -0.39 is 10.0 Å². The molecule has 0 saturated carbocycles. The molecule has 146 valence electrons. The van der Waals surface area contributed by atoms with Gasteiger partial charge in [0.05, 0.1) is 12.0 Å². The SMILES string of the molecule is CON[C@H]1CCN(S(=O)(=O)c2ccc(C)cc2)C[C@H]1CSc1ccccc1. The molecular formula is C20H26N2O3S2. The quantitative estimate of drug-likeness (QED) is 0.565. The van der Waals surface area contributed by atoms with Crippen molar-refractivity contribution in [3.8, 4) is 0 Å². The zero-order chi connectivity index (χ0) is 19.3. The average molecular weight is 407 g/mol. The van der Waals surface area contributed by atoms with Gasteiger partial charge < -0.3 is 4.84 Å². The van der Waals surface area contributed by atoms with Crippen LogP contribution in [0.1, 0.15) is 12.0 Å². The van der Waals surface area contributed by atoms with Crippen molar-refractivity contribution < 1.29 is 13.3 Å². The molecule has 1 heterocycles. The summed E-state index contributed by atoms with van der Waals surface area (Å²) in [6.07, 6.45) is 0.721. The van der Waals surface area contributed by atoms with E-state index >= 15 is 0 Å². The summed E-state index contributed by atoms with van der Waals surface area (Å²) in [5.41, 5.74) is 4.11. The first-order valence-corrected chi connectivity index (χ1v) is 11.5. The van der Waals surface area contributed by atoms with Crippen molar-refractivity contribution in [3.05, 3.63) is 60.2 Å². The van der Waals surface area contributed by atoms with Crippen LogP contribution in [0.4, 0.5) is 0 Å². The molecule has 0 unspecified atom stereocenters. The molecular weight excluding hydrogens is 380 g/mol. The van der Waals surface area contributed by atoms with Crippen LogP contribution in [0.2, 0.25) is 0 Å². The zero-order valence-corrected chi connectivity index (χ0v) is 17.3. The number of hydrogen-bond donors (Lipinski definition) is 1. The van der Waals surface area contributed by atoms with Crippen molar-refractivity contribution in [2.75, 3.05) is 26.0 Å². The Hall–Kier alpha value is -1.38. The summed E-state index contributed by atoms with van der Waals surface area (Å²) >= 11 is 1.75. The van der Waals surface area contributed by atoms with Gasteiger partial charge in [-0.3, -0.25) is 0 Å². The largest absolute Gasteiger partial charge is 0.305 e. The monoisotopic (exact) mass is 406 g/mol. The van der Waals surface area contributed by atoms with Crippen molar-refractivity contribution in [2.45, 2.75) is 29.2 Å². The molecule has 2 aromatic carbocycles. The average Bonchev–Trinajstić information content (AvgIpc) is 2.68. The van der Waals surface area contributed by atoms with Crippen LogP contribution >= 0.6 is 11.8 Å². The van der Waals surface area contributed by atoms with Crippen molar-refractivity contribution in [3.63, 3.8) is 0 Å². The maximum Gasteiger partial charge on any atom is 0.243 e. The summed E-state index contributed by atoms with van der Waals surface area (Å²) in [6.45, 7) is 2.93. The van der Waals surface area contributed by atoms with E-state index in [9.17, 15) is 8.42 Å². The predicted octanol–water partition coefficient (Wildman–Crippen LogP) is 3.32. The Morgan fingerprint density at radius 2 is 1.85 bits per heavy atom. The van der Waals surface area contributed by atoms with Gasteiger partial charge in [0.15, 0.2) is 0 Å². The van der Waals surface area contributed by atoms with E-state index in [2.05, 4.69) is 17.6 Å². The zero-order valence-electron chi connectivity index (χ0n) is 15.7. The highest BCUT2D eigenvalue weighted by molar-refractivity contribution is 7.99. The lowest BCUT2D eigenvalue weighted by atomic mass is 9.96. The molecule has 0 spiro atoms. The van der Waals surface area contributed by atoms with Gasteiger partial charge in [0.25, 0.3) is 0 Å². The van der Waals surface area contributed by atoms with Gasteiger partial charge in [-0.25, -0.2) is 8.42 Å². The van der Waals surface area contributed by atoms with Gasteiger partial charge >= 0.3 is 0 Å². The number of thioether (sulfide) groups is 1. The van der Waals surface area contributed by atoms with Gasteiger partial charge in [-0.2, -0.15) is 9.79 Å². The number of hydrogen-bond acceptors (Lipinski definition) is 5. The maximum absolute atomic E-state index is 13.1. The Morgan fingerprint density at radius 3 is 2.52 bits per heavy atom. The van der Waals surface area contributed by atoms with E-state index in [1.165, 1.54) is 4.90 Å². The molecule has 0 aliphatic carbocycles. The third kappa shape index (κ3) is 5.12. The molecule has 1 aliphatic rings. The van der Waals surface area contributed by atoms with E-state index in [0.717, 1.165) is 17.7 Å². The molecule has 3 rings (SSSR count). The molecule has 0 bridgehead atoms. The number of piperidine rings is 1.